The Morgan fingerprint density at radius 1 is 1.47 bits per heavy atom. The number of hydrogen-bond acceptors (Lipinski definition) is 2. The van der Waals surface area contributed by atoms with E-state index in [4.69, 9.17) is 4.74 Å². The number of aryl methyl sites for hydroxylation is 1. The van der Waals surface area contributed by atoms with Crippen LogP contribution in [0.15, 0.2) is 18.2 Å². The minimum absolute atomic E-state index is 0.252. The number of ketones is 1. The van der Waals surface area contributed by atoms with Crippen molar-refractivity contribution in [1.29, 1.82) is 0 Å². The summed E-state index contributed by atoms with van der Waals surface area (Å²) in [6.07, 6.45) is 3.03. The molecule has 1 aromatic carbocycles. The van der Waals surface area contributed by atoms with Crippen molar-refractivity contribution < 1.29 is 9.53 Å². The number of Topliss-reactive ketones (excluding diaryl/α,β-unsaturated/α-hetero) is 1. The SMILES string of the molecule is CCc1ccc(OC)c(C(=O)C2CC2)c1. The van der Waals surface area contributed by atoms with Crippen LogP contribution in [0.3, 0.4) is 0 Å². The zero-order valence-corrected chi connectivity index (χ0v) is 9.25. The van der Waals surface area contributed by atoms with Gasteiger partial charge in [0.15, 0.2) is 5.78 Å². The van der Waals surface area contributed by atoms with Crippen LogP contribution in [-0.4, -0.2) is 12.9 Å². The summed E-state index contributed by atoms with van der Waals surface area (Å²) in [6, 6.07) is 5.89. The number of carbonyl (C=O) groups excluding carboxylic acids is 1. The van der Waals surface area contributed by atoms with Gasteiger partial charge >= 0.3 is 0 Å². The summed E-state index contributed by atoms with van der Waals surface area (Å²) >= 11 is 0. The number of carbonyl (C=O) groups is 1. The highest BCUT2D eigenvalue weighted by molar-refractivity contribution is 6.01. The predicted molar refractivity (Wildman–Crippen MR) is 59.4 cm³/mol. The normalized spacial score (nSPS) is 15.1. The third-order valence-electron chi connectivity index (χ3n) is 2.89. The van der Waals surface area contributed by atoms with Crippen LogP contribution in [0.2, 0.25) is 0 Å². The molecule has 0 atom stereocenters. The number of methoxy groups -OCH3 is 1. The fourth-order valence-corrected chi connectivity index (χ4v) is 1.73. The molecule has 2 nitrogen and oxygen atoms in total. The Labute approximate surface area is 90.3 Å². The molecule has 0 saturated heterocycles. The quantitative estimate of drug-likeness (QED) is 0.705. The molecule has 80 valence electrons. The summed E-state index contributed by atoms with van der Waals surface area (Å²) in [5, 5.41) is 0. The minimum Gasteiger partial charge on any atom is -0.496 e. The zero-order valence-electron chi connectivity index (χ0n) is 9.25. The zero-order chi connectivity index (χ0) is 10.8. The van der Waals surface area contributed by atoms with E-state index >= 15 is 0 Å². The lowest BCUT2D eigenvalue weighted by atomic mass is 10.0. The van der Waals surface area contributed by atoms with Crippen LogP contribution in [0.1, 0.15) is 35.7 Å². The molecule has 1 aromatic rings. The van der Waals surface area contributed by atoms with E-state index in [0.717, 1.165) is 24.8 Å². The van der Waals surface area contributed by atoms with Crippen LogP contribution < -0.4 is 4.74 Å². The summed E-state index contributed by atoms with van der Waals surface area (Å²) in [4.78, 5) is 12.0. The van der Waals surface area contributed by atoms with Crippen molar-refractivity contribution >= 4 is 5.78 Å². The van der Waals surface area contributed by atoms with E-state index in [2.05, 4.69) is 6.92 Å². The fourth-order valence-electron chi connectivity index (χ4n) is 1.73. The molecule has 0 amide bonds. The molecular weight excluding hydrogens is 188 g/mol. The lowest BCUT2D eigenvalue weighted by Crippen LogP contribution is -2.04. The van der Waals surface area contributed by atoms with E-state index in [9.17, 15) is 4.79 Å². The Hall–Kier alpha value is -1.31. The van der Waals surface area contributed by atoms with Crippen molar-refractivity contribution in [3.63, 3.8) is 0 Å². The molecule has 2 heteroatoms. The van der Waals surface area contributed by atoms with Crippen molar-refractivity contribution in [2.24, 2.45) is 5.92 Å². The standard InChI is InChI=1S/C13H16O2/c1-3-9-4-7-12(15-2)11(8-9)13(14)10-5-6-10/h4,7-8,10H,3,5-6H2,1-2H3. The lowest BCUT2D eigenvalue weighted by Gasteiger charge is -2.08. The van der Waals surface area contributed by atoms with Gasteiger partial charge in [0, 0.05) is 5.92 Å². The molecule has 0 N–H and O–H groups in total. The van der Waals surface area contributed by atoms with Crippen molar-refractivity contribution in [3.05, 3.63) is 29.3 Å². The second-order valence-electron chi connectivity index (χ2n) is 4.03. The van der Waals surface area contributed by atoms with E-state index < -0.39 is 0 Å². The molecule has 2 rings (SSSR count). The second-order valence-corrected chi connectivity index (χ2v) is 4.03. The average Bonchev–Trinajstić information content (AvgIpc) is 3.11. The van der Waals surface area contributed by atoms with Gasteiger partial charge in [-0.1, -0.05) is 13.0 Å². The highest BCUT2D eigenvalue weighted by Gasteiger charge is 2.32. The van der Waals surface area contributed by atoms with Gasteiger partial charge in [0.05, 0.1) is 12.7 Å². The first-order chi connectivity index (χ1) is 7.26. The molecule has 1 aliphatic rings. The van der Waals surface area contributed by atoms with E-state index in [0.29, 0.717) is 5.75 Å². The maximum Gasteiger partial charge on any atom is 0.169 e. The first-order valence-electron chi connectivity index (χ1n) is 5.47. The number of benzene rings is 1. The van der Waals surface area contributed by atoms with Gasteiger partial charge in [-0.15, -0.1) is 0 Å². The van der Waals surface area contributed by atoms with E-state index in [1.165, 1.54) is 5.56 Å². The van der Waals surface area contributed by atoms with Gasteiger partial charge in [-0.3, -0.25) is 4.79 Å². The highest BCUT2D eigenvalue weighted by Crippen LogP contribution is 2.35. The van der Waals surface area contributed by atoms with Gasteiger partial charge in [0.1, 0.15) is 5.75 Å². The predicted octanol–water partition coefficient (Wildman–Crippen LogP) is 2.85. The largest absolute Gasteiger partial charge is 0.496 e. The van der Waals surface area contributed by atoms with Gasteiger partial charge in [0.2, 0.25) is 0 Å². The van der Waals surface area contributed by atoms with E-state index in [1.54, 1.807) is 7.11 Å². The summed E-state index contributed by atoms with van der Waals surface area (Å²) < 4.78 is 5.22. The summed E-state index contributed by atoms with van der Waals surface area (Å²) in [5.74, 6) is 1.22. The van der Waals surface area contributed by atoms with Crippen molar-refractivity contribution in [2.45, 2.75) is 26.2 Å². The monoisotopic (exact) mass is 204 g/mol. The Morgan fingerprint density at radius 3 is 2.73 bits per heavy atom. The molecular formula is C13H16O2. The van der Waals surface area contributed by atoms with Crippen molar-refractivity contribution in [3.8, 4) is 5.75 Å². The van der Waals surface area contributed by atoms with Crippen LogP contribution in [-0.2, 0) is 6.42 Å². The van der Waals surface area contributed by atoms with Gasteiger partial charge < -0.3 is 4.74 Å². The van der Waals surface area contributed by atoms with Crippen LogP contribution in [0.5, 0.6) is 5.75 Å². The van der Waals surface area contributed by atoms with Gasteiger partial charge in [-0.25, -0.2) is 0 Å². The van der Waals surface area contributed by atoms with E-state index in [1.807, 2.05) is 18.2 Å². The van der Waals surface area contributed by atoms with Crippen molar-refractivity contribution in [2.75, 3.05) is 7.11 Å². The molecule has 0 heterocycles. The molecule has 0 unspecified atom stereocenters. The molecule has 0 aliphatic heterocycles. The second kappa shape index (κ2) is 4.05. The Balaban J connectivity index is 2.36. The highest BCUT2D eigenvalue weighted by atomic mass is 16.5. The molecule has 0 radical (unpaired) electrons. The van der Waals surface area contributed by atoms with E-state index in [-0.39, 0.29) is 11.7 Å². The van der Waals surface area contributed by atoms with Crippen LogP contribution in [0, 0.1) is 5.92 Å². The Bertz CT molecular complexity index is 378. The number of ether oxygens (including phenoxy) is 1. The smallest absolute Gasteiger partial charge is 0.169 e. The molecule has 0 aromatic heterocycles. The number of hydrogen-bond donors (Lipinski definition) is 0. The molecule has 0 spiro atoms. The van der Waals surface area contributed by atoms with Gasteiger partial charge in [-0.05, 0) is 37.0 Å². The first-order valence-corrected chi connectivity index (χ1v) is 5.47. The summed E-state index contributed by atoms with van der Waals surface area (Å²) in [5.41, 5.74) is 1.96. The summed E-state index contributed by atoms with van der Waals surface area (Å²) in [6.45, 7) is 2.09. The Morgan fingerprint density at radius 2 is 2.20 bits per heavy atom. The number of rotatable bonds is 4. The molecule has 1 fully saturated rings. The van der Waals surface area contributed by atoms with Crippen molar-refractivity contribution in [1.82, 2.24) is 0 Å². The van der Waals surface area contributed by atoms with Crippen LogP contribution in [0.4, 0.5) is 0 Å². The van der Waals surface area contributed by atoms with Gasteiger partial charge in [0.25, 0.3) is 0 Å². The third kappa shape index (κ3) is 2.04. The third-order valence-corrected chi connectivity index (χ3v) is 2.89. The average molecular weight is 204 g/mol. The van der Waals surface area contributed by atoms with Gasteiger partial charge in [-0.2, -0.15) is 0 Å². The lowest BCUT2D eigenvalue weighted by molar-refractivity contribution is 0.0964. The Kier molecular flexibility index (Phi) is 2.76. The molecule has 1 saturated carbocycles. The topological polar surface area (TPSA) is 26.3 Å². The summed E-state index contributed by atoms with van der Waals surface area (Å²) in [7, 11) is 1.62. The first kappa shape index (κ1) is 10.2. The fraction of sp³-hybridized carbons (Fsp3) is 0.462. The maximum atomic E-state index is 12.0. The molecule has 15 heavy (non-hydrogen) atoms. The molecule has 1 aliphatic carbocycles. The minimum atomic E-state index is 0.252. The van der Waals surface area contributed by atoms with Crippen LogP contribution >= 0.6 is 0 Å². The maximum absolute atomic E-state index is 12.0. The van der Waals surface area contributed by atoms with Crippen LogP contribution in [0.25, 0.3) is 0 Å². The molecule has 0 bridgehead atoms.